The number of rotatable bonds is 11. The van der Waals surface area contributed by atoms with Gasteiger partial charge in [-0.3, -0.25) is 14.6 Å². The van der Waals surface area contributed by atoms with Crippen LogP contribution in [0.25, 0.3) is 0 Å². The number of aliphatic imine (C=N–C) groups is 1. The largest absolute Gasteiger partial charge is 0.480 e. The van der Waals surface area contributed by atoms with Gasteiger partial charge in [-0.2, -0.15) is 13.2 Å². The quantitative estimate of drug-likeness (QED) is 0.105. The van der Waals surface area contributed by atoms with Crippen LogP contribution in [0.5, 0.6) is 5.88 Å². The second-order valence-corrected chi connectivity index (χ2v) is 21.4. The normalized spacial score (nSPS) is 21.2. The molecule has 50 heavy (non-hydrogen) atoms. The van der Waals surface area contributed by atoms with Crippen molar-refractivity contribution in [2.45, 2.75) is 89.3 Å². The van der Waals surface area contributed by atoms with Crippen LogP contribution in [-0.4, -0.2) is 87.7 Å². The Hall–Kier alpha value is -3.77. The molecule has 1 aromatic heterocycles. The number of nitrogens with zero attached hydrogens (tertiary/aromatic N) is 4. The molecule has 1 aromatic carbocycles. The molecule has 2 heterocycles. The Morgan fingerprint density at radius 1 is 1.10 bits per heavy atom. The SMILES string of the molecule is CC1[C@@](C)(C(=O)O)SC(N(COCC[Si](C)(C)C)C(=O)OC(C)(C)C)=N[C@]1(C)c1cc(NC(=O)c2cnc(OCC(F)(F)F)cn2)ccc1F. The first-order valence-electron chi connectivity index (χ1n) is 15.6. The van der Waals surface area contributed by atoms with Crippen molar-refractivity contribution in [2.24, 2.45) is 10.9 Å². The van der Waals surface area contributed by atoms with Crippen LogP contribution in [0.4, 0.5) is 28.0 Å². The van der Waals surface area contributed by atoms with Crippen molar-refractivity contribution in [3.63, 3.8) is 0 Å². The van der Waals surface area contributed by atoms with E-state index in [9.17, 15) is 32.7 Å². The van der Waals surface area contributed by atoms with E-state index in [4.69, 9.17) is 14.5 Å². The number of benzene rings is 1. The number of aromatic nitrogens is 2. The third-order valence-corrected chi connectivity index (χ3v) is 11.0. The maximum Gasteiger partial charge on any atom is 0.422 e. The summed E-state index contributed by atoms with van der Waals surface area (Å²) in [5.41, 5.74) is -2.82. The van der Waals surface area contributed by atoms with Crippen molar-refractivity contribution in [3.05, 3.63) is 47.7 Å². The number of anilines is 1. The van der Waals surface area contributed by atoms with Crippen LogP contribution >= 0.6 is 11.8 Å². The molecule has 18 heteroatoms. The van der Waals surface area contributed by atoms with Crippen LogP contribution < -0.4 is 10.1 Å². The maximum atomic E-state index is 15.8. The van der Waals surface area contributed by atoms with Crippen molar-refractivity contribution in [2.75, 3.05) is 25.3 Å². The fourth-order valence-electron chi connectivity index (χ4n) is 4.66. The molecule has 0 bridgehead atoms. The van der Waals surface area contributed by atoms with Gasteiger partial charge in [0.05, 0.1) is 17.9 Å². The predicted octanol–water partition coefficient (Wildman–Crippen LogP) is 7.16. The lowest BCUT2D eigenvalue weighted by Gasteiger charge is -2.47. The minimum Gasteiger partial charge on any atom is -0.480 e. The summed E-state index contributed by atoms with van der Waals surface area (Å²) < 4.78 is 67.5. The van der Waals surface area contributed by atoms with Gasteiger partial charge < -0.3 is 24.6 Å². The first-order valence-corrected chi connectivity index (χ1v) is 20.1. The van der Waals surface area contributed by atoms with E-state index >= 15 is 4.39 Å². The van der Waals surface area contributed by atoms with Gasteiger partial charge in [-0.05, 0) is 58.9 Å². The molecule has 0 radical (unpaired) electrons. The van der Waals surface area contributed by atoms with Crippen LogP contribution in [0.1, 0.15) is 57.6 Å². The first kappa shape index (κ1) is 40.7. The molecule has 1 aliphatic rings. The highest BCUT2D eigenvalue weighted by Crippen LogP contribution is 2.52. The number of thioether (sulfide) groups is 1. The number of amides is 2. The molecule has 2 amide bonds. The number of ether oxygens (including phenoxy) is 3. The monoisotopic (exact) mass is 745 g/mol. The Kier molecular flexibility index (Phi) is 12.4. The molecule has 1 unspecified atom stereocenters. The van der Waals surface area contributed by atoms with Crippen molar-refractivity contribution in [1.29, 1.82) is 0 Å². The van der Waals surface area contributed by atoms with E-state index in [0.29, 0.717) is 6.61 Å². The molecular weight excluding hydrogens is 703 g/mol. The van der Waals surface area contributed by atoms with Gasteiger partial charge in [-0.25, -0.2) is 24.1 Å². The highest BCUT2D eigenvalue weighted by molar-refractivity contribution is 8.15. The molecule has 1 aliphatic heterocycles. The van der Waals surface area contributed by atoms with Gasteiger partial charge in [0.2, 0.25) is 5.88 Å². The Balaban J connectivity index is 2.03. The molecule has 0 saturated carbocycles. The zero-order valence-electron chi connectivity index (χ0n) is 29.4. The summed E-state index contributed by atoms with van der Waals surface area (Å²) in [6.45, 7) is 14.6. The second kappa shape index (κ2) is 15.2. The number of aliphatic carboxylic acids is 1. The Bertz CT molecular complexity index is 1600. The average molecular weight is 746 g/mol. The molecule has 12 nitrogen and oxygen atoms in total. The van der Waals surface area contributed by atoms with Crippen LogP contribution in [0.2, 0.25) is 25.7 Å². The summed E-state index contributed by atoms with van der Waals surface area (Å²) in [5.74, 6) is -4.15. The Labute approximate surface area is 293 Å². The van der Waals surface area contributed by atoms with Gasteiger partial charge in [0.15, 0.2) is 11.8 Å². The lowest BCUT2D eigenvalue weighted by atomic mass is 9.73. The molecule has 276 valence electrons. The van der Waals surface area contributed by atoms with Gasteiger partial charge in [-0.1, -0.05) is 38.3 Å². The van der Waals surface area contributed by atoms with E-state index < -0.39 is 72.3 Å². The zero-order valence-corrected chi connectivity index (χ0v) is 31.2. The van der Waals surface area contributed by atoms with E-state index in [1.807, 2.05) is 0 Å². The third-order valence-electron chi connectivity index (χ3n) is 7.80. The number of alkyl halides is 3. The lowest BCUT2D eigenvalue weighted by Crippen LogP contribution is -2.55. The van der Waals surface area contributed by atoms with Crippen molar-refractivity contribution in [3.8, 4) is 5.88 Å². The predicted molar refractivity (Wildman–Crippen MR) is 183 cm³/mol. The Morgan fingerprint density at radius 2 is 1.76 bits per heavy atom. The van der Waals surface area contributed by atoms with Crippen LogP contribution in [0.15, 0.2) is 35.6 Å². The molecule has 0 saturated heterocycles. The number of halogens is 4. The molecule has 2 aromatic rings. The lowest BCUT2D eigenvalue weighted by molar-refractivity contribution is -0.154. The van der Waals surface area contributed by atoms with Gasteiger partial charge in [-0.15, -0.1) is 0 Å². The van der Waals surface area contributed by atoms with Crippen LogP contribution in [-0.2, 0) is 19.8 Å². The van der Waals surface area contributed by atoms with E-state index in [0.717, 1.165) is 41.2 Å². The first-order chi connectivity index (χ1) is 22.8. The van der Waals surface area contributed by atoms with Gasteiger partial charge in [0, 0.05) is 31.8 Å². The summed E-state index contributed by atoms with van der Waals surface area (Å²) in [6, 6.07) is 4.42. The fourth-order valence-corrected chi connectivity index (χ4v) is 6.76. The second-order valence-electron chi connectivity index (χ2n) is 14.3. The molecule has 2 N–H and O–H groups in total. The summed E-state index contributed by atoms with van der Waals surface area (Å²) in [7, 11) is -1.50. The summed E-state index contributed by atoms with van der Waals surface area (Å²) >= 11 is 0.821. The third kappa shape index (κ3) is 10.6. The standard InChI is InChI=1S/C32H43F4N5O7SSi/c1-19-30(5,21-14-20(10-11-22(21)33)39-25(42)23-15-38-24(16-37-23)47-17-32(34,35)36)40-27(49-31(19,6)26(43)44)41(28(45)48-29(2,3)4)18-46-12-13-50(7,8)9/h10-11,14-16,19H,12-13,17-18H2,1-9H3,(H,39,42)(H,43,44)/t19?,30-,31-/m0/s1. The average Bonchev–Trinajstić information content (AvgIpc) is 2.97. The van der Waals surface area contributed by atoms with Crippen LogP contribution in [0.3, 0.4) is 0 Å². The minimum absolute atomic E-state index is 0.0605. The van der Waals surface area contributed by atoms with E-state index in [2.05, 4.69) is 39.7 Å². The van der Waals surface area contributed by atoms with Crippen molar-refractivity contribution < 1.29 is 51.3 Å². The van der Waals surface area contributed by atoms with E-state index in [1.165, 1.54) is 26.0 Å². The van der Waals surface area contributed by atoms with Gasteiger partial charge in [0.1, 0.15) is 28.6 Å². The molecule has 0 fully saturated rings. The number of carboxylic acids is 1. The van der Waals surface area contributed by atoms with E-state index in [-0.39, 0.29) is 28.8 Å². The summed E-state index contributed by atoms with van der Waals surface area (Å²) in [4.78, 5) is 52.7. The molecule has 0 aliphatic carbocycles. The molecule has 0 spiro atoms. The Morgan fingerprint density at radius 3 is 2.30 bits per heavy atom. The smallest absolute Gasteiger partial charge is 0.422 e. The minimum atomic E-state index is -4.59. The van der Waals surface area contributed by atoms with Gasteiger partial charge >= 0.3 is 18.2 Å². The topological polar surface area (TPSA) is 153 Å². The number of carbonyl (C=O) groups is 3. The number of hydrogen-bond acceptors (Lipinski definition) is 10. The number of nitrogens with one attached hydrogen (secondary N) is 1. The zero-order chi connectivity index (χ0) is 37.9. The van der Waals surface area contributed by atoms with E-state index in [1.54, 1.807) is 27.7 Å². The number of carbonyl (C=O) groups excluding carboxylic acids is 2. The van der Waals surface area contributed by atoms with Crippen LogP contribution in [0, 0.1) is 11.7 Å². The molecular formula is C32H43F4N5O7SSi. The number of hydrogen-bond donors (Lipinski definition) is 2. The maximum absolute atomic E-state index is 15.8. The molecule has 3 rings (SSSR count). The fraction of sp³-hybridized carbons (Fsp3) is 0.562. The number of amidine groups is 1. The summed E-state index contributed by atoms with van der Waals surface area (Å²) in [5, 5.41) is 13.0. The van der Waals surface area contributed by atoms with Crippen molar-refractivity contribution >= 4 is 48.7 Å². The highest BCUT2D eigenvalue weighted by Gasteiger charge is 2.56. The summed E-state index contributed by atoms with van der Waals surface area (Å²) in [6.07, 6.45) is -3.66. The molecule has 3 atom stereocenters. The van der Waals surface area contributed by atoms with Gasteiger partial charge in [0.25, 0.3) is 5.91 Å². The number of carboxylic acid groups (broad SMARTS) is 1. The highest BCUT2D eigenvalue weighted by atomic mass is 32.2. The van der Waals surface area contributed by atoms with Crippen molar-refractivity contribution in [1.82, 2.24) is 14.9 Å².